The van der Waals surface area contributed by atoms with Crippen molar-refractivity contribution in [1.29, 1.82) is 0 Å². The molecule has 0 aromatic carbocycles. The third kappa shape index (κ3) is 36.7. The summed E-state index contributed by atoms with van der Waals surface area (Å²) in [7, 11) is 0. The predicted molar refractivity (Wildman–Crippen MR) is 7.13 cm³/mol. The van der Waals surface area contributed by atoms with Crippen LogP contribution in [0.15, 0.2) is 0 Å². The first-order valence-electron chi connectivity index (χ1n) is 0.258. The van der Waals surface area contributed by atoms with Gasteiger partial charge in [0, 0.05) is 35.9 Å². The van der Waals surface area contributed by atoms with E-state index in [-0.39, 0.29) is 35.9 Å². The Hall–Kier alpha value is 1.21. The van der Waals surface area contributed by atoms with E-state index < -0.39 is 14.3 Å². The molecule has 0 saturated heterocycles. The van der Waals surface area contributed by atoms with E-state index >= 15 is 0 Å². The Bertz CT molecular complexity index is 30.6. The molecule has 2 nitrogen and oxygen atoms in total. The van der Waals surface area contributed by atoms with Crippen molar-refractivity contribution in [2.75, 3.05) is 0 Å². The molecule has 0 aliphatic rings. The van der Waals surface area contributed by atoms with Gasteiger partial charge in [0.05, 0.1) is 0 Å². The SMILES string of the molecule is [Li].[Mn].[O]=[Ni]=[O]. The van der Waals surface area contributed by atoms with Gasteiger partial charge in [0.2, 0.25) is 0 Å². The van der Waals surface area contributed by atoms with Gasteiger partial charge in [0.15, 0.2) is 0 Å². The third-order valence-electron chi connectivity index (χ3n) is 0. The predicted octanol–water partition coefficient (Wildman–Crippen LogP) is -0.623. The molecule has 0 bridgehead atoms. The van der Waals surface area contributed by atoms with Crippen molar-refractivity contribution in [1.82, 2.24) is 0 Å². The van der Waals surface area contributed by atoms with E-state index in [0.717, 1.165) is 0 Å². The number of hydrogen-bond acceptors (Lipinski definition) is 2. The summed E-state index contributed by atoms with van der Waals surface area (Å²) in [5.41, 5.74) is 0. The van der Waals surface area contributed by atoms with Gasteiger partial charge < -0.3 is 0 Å². The molecule has 5 heteroatoms. The van der Waals surface area contributed by atoms with E-state index in [2.05, 4.69) is 0 Å². The normalized spacial score (nSPS) is 4.00. The Balaban J connectivity index is -0.0000000200. The van der Waals surface area contributed by atoms with Gasteiger partial charge in [0.25, 0.3) is 0 Å². The maximum atomic E-state index is 8.31. The van der Waals surface area contributed by atoms with Crippen molar-refractivity contribution in [3.8, 4) is 0 Å². The molecule has 2 radical (unpaired) electrons. The standard InChI is InChI=1S/Li.Mn.Ni.2O. The molecule has 0 rings (SSSR count). The van der Waals surface area contributed by atoms with Gasteiger partial charge in [0.1, 0.15) is 0 Å². The zero-order valence-corrected chi connectivity index (χ0v) is 4.68. The fraction of sp³-hybridized carbons (Fsp3) is 0. The van der Waals surface area contributed by atoms with Crippen LogP contribution in [0.1, 0.15) is 0 Å². The van der Waals surface area contributed by atoms with E-state index in [4.69, 9.17) is 7.79 Å². The van der Waals surface area contributed by atoms with Crippen molar-refractivity contribution in [2.45, 2.75) is 0 Å². The Kier molecular flexibility index (Phi) is 61.9. The Morgan fingerprint density at radius 1 is 1.20 bits per heavy atom. The van der Waals surface area contributed by atoms with Crippen LogP contribution in [0, 0.1) is 0 Å². The number of hydrogen-bond donors (Lipinski definition) is 0. The van der Waals surface area contributed by atoms with E-state index in [1.807, 2.05) is 0 Å². The van der Waals surface area contributed by atoms with Gasteiger partial charge in [-0.3, -0.25) is 0 Å². The molecular weight excluding hydrogens is 153 g/mol. The minimum absolute atomic E-state index is 0. The van der Waals surface area contributed by atoms with Gasteiger partial charge in [-0.15, -0.1) is 0 Å². The average Bonchev–Trinajstić information content (AvgIpc) is 0.918. The molecule has 30 valence electrons. The molecule has 0 aromatic rings. The fourth-order valence-corrected chi connectivity index (χ4v) is 0. The Labute approximate surface area is 57.9 Å². The Morgan fingerprint density at radius 3 is 1.20 bits per heavy atom. The van der Waals surface area contributed by atoms with E-state index in [1.54, 1.807) is 0 Å². The molecule has 0 unspecified atom stereocenters. The summed E-state index contributed by atoms with van der Waals surface area (Å²) in [4.78, 5) is 0. The second kappa shape index (κ2) is 18.9. The molecule has 5 heavy (non-hydrogen) atoms. The molecule has 0 heterocycles. The van der Waals surface area contributed by atoms with Gasteiger partial charge >= 0.3 is 22.1 Å². The van der Waals surface area contributed by atoms with Crippen LogP contribution in [0.4, 0.5) is 0 Å². The van der Waals surface area contributed by atoms with Crippen LogP contribution < -0.4 is 0 Å². The fourth-order valence-electron chi connectivity index (χ4n) is 0. The first kappa shape index (κ1) is 16.4. The summed E-state index contributed by atoms with van der Waals surface area (Å²) in [5.74, 6) is 0. The van der Waals surface area contributed by atoms with Crippen molar-refractivity contribution in [3.63, 3.8) is 0 Å². The van der Waals surface area contributed by atoms with Crippen molar-refractivity contribution < 1.29 is 39.2 Å². The van der Waals surface area contributed by atoms with E-state index in [1.165, 1.54) is 0 Å². The van der Waals surface area contributed by atoms with Gasteiger partial charge in [-0.25, -0.2) is 0 Å². The Morgan fingerprint density at radius 2 is 1.20 bits per heavy atom. The van der Waals surface area contributed by atoms with Crippen LogP contribution in [0.5, 0.6) is 0 Å². The summed E-state index contributed by atoms with van der Waals surface area (Å²) >= 11 is -0.875. The van der Waals surface area contributed by atoms with Crippen LogP contribution in [0.3, 0.4) is 0 Å². The molecule has 0 fully saturated rings. The molecule has 0 aliphatic carbocycles. The summed E-state index contributed by atoms with van der Waals surface area (Å²) < 4.78 is 16.6. The summed E-state index contributed by atoms with van der Waals surface area (Å²) in [6.07, 6.45) is 0. The maximum absolute atomic E-state index is 8.31. The summed E-state index contributed by atoms with van der Waals surface area (Å²) in [6, 6.07) is 0. The van der Waals surface area contributed by atoms with Gasteiger partial charge in [-0.2, -0.15) is 0 Å². The van der Waals surface area contributed by atoms with Crippen molar-refractivity contribution in [2.24, 2.45) is 0 Å². The second-order valence-electron chi connectivity index (χ2n) is 0.0527. The molecule has 0 N–H and O–H groups in total. The summed E-state index contributed by atoms with van der Waals surface area (Å²) in [6.45, 7) is 0. The first-order chi connectivity index (χ1) is 1.41. The van der Waals surface area contributed by atoms with Crippen LogP contribution in [-0.2, 0) is 39.2 Å². The number of rotatable bonds is 0. The van der Waals surface area contributed by atoms with E-state index in [0.29, 0.717) is 0 Å². The molecular formula is LiMnNiO2. The summed E-state index contributed by atoms with van der Waals surface area (Å²) in [5, 5.41) is 0. The van der Waals surface area contributed by atoms with Crippen LogP contribution >= 0.6 is 0 Å². The molecule has 0 saturated carbocycles. The van der Waals surface area contributed by atoms with Crippen LogP contribution in [0.2, 0.25) is 0 Å². The van der Waals surface area contributed by atoms with E-state index in [9.17, 15) is 0 Å². The zero-order valence-electron chi connectivity index (χ0n) is 2.51. The van der Waals surface area contributed by atoms with Crippen molar-refractivity contribution in [3.05, 3.63) is 0 Å². The minimum atomic E-state index is -0.875. The average molecular weight is 153 g/mol. The monoisotopic (exact) mass is 152 g/mol. The topological polar surface area (TPSA) is 34.1 Å². The quantitative estimate of drug-likeness (QED) is 0.434. The van der Waals surface area contributed by atoms with Crippen LogP contribution in [0.25, 0.3) is 0 Å². The van der Waals surface area contributed by atoms with Gasteiger partial charge in [-0.05, 0) is 0 Å². The molecule has 0 amide bonds. The molecule has 0 aliphatic heterocycles. The molecule has 0 spiro atoms. The van der Waals surface area contributed by atoms with Crippen molar-refractivity contribution >= 4 is 18.9 Å². The first-order valence-corrected chi connectivity index (χ1v) is 1.06. The third-order valence-corrected chi connectivity index (χ3v) is 0. The van der Waals surface area contributed by atoms with Gasteiger partial charge in [-0.1, -0.05) is 0 Å². The van der Waals surface area contributed by atoms with Crippen LogP contribution in [-0.4, -0.2) is 18.9 Å². The molecule has 0 atom stereocenters. The molecule has 0 aromatic heterocycles. The second-order valence-corrected chi connectivity index (χ2v) is 0.217. The zero-order chi connectivity index (χ0) is 2.71.